The van der Waals surface area contributed by atoms with Crippen molar-refractivity contribution in [1.82, 2.24) is 5.32 Å². The number of hydrogen-bond donors (Lipinski definition) is 1. The average Bonchev–Trinajstić information content (AvgIpc) is 2.73. The predicted octanol–water partition coefficient (Wildman–Crippen LogP) is 6.05. The van der Waals surface area contributed by atoms with Crippen LogP contribution in [0.2, 0.25) is 0 Å². The van der Waals surface area contributed by atoms with E-state index in [1.807, 2.05) is 13.8 Å². The highest BCUT2D eigenvalue weighted by Gasteiger charge is 2.27. The summed E-state index contributed by atoms with van der Waals surface area (Å²) in [5.41, 5.74) is 2.56. The second kappa shape index (κ2) is 14.3. The number of hydrogen-bond acceptors (Lipinski definition) is 5. The maximum absolute atomic E-state index is 12.7. The lowest BCUT2D eigenvalue weighted by atomic mass is 9.97. The van der Waals surface area contributed by atoms with Gasteiger partial charge in [-0.3, -0.25) is 0 Å². The van der Waals surface area contributed by atoms with Crippen molar-refractivity contribution in [2.24, 2.45) is 11.8 Å². The lowest BCUT2D eigenvalue weighted by molar-refractivity contribution is -0.141. The van der Waals surface area contributed by atoms with Crippen LogP contribution in [0.4, 0.5) is 0 Å². The summed E-state index contributed by atoms with van der Waals surface area (Å²) in [6.45, 7) is 13.2. The monoisotopic (exact) mass is 421 g/mol. The van der Waals surface area contributed by atoms with E-state index in [0.29, 0.717) is 36.2 Å². The molecule has 0 aromatic rings. The lowest BCUT2D eigenvalue weighted by Crippen LogP contribution is -2.28. The van der Waals surface area contributed by atoms with Gasteiger partial charge in [-0.25, -0.2) is 9.59 Å². The molecule has 0 saturated carbocycles. The van der Waals surface area contributed by atoms with Gasteiger partial charge in [0, 0.05) is 17.8 Å². The van der Waals surface area contributed by atoms with Gasteiger partial charge in [-0.05, 0) is 38.5 Å². The number of rotatable bonds is 14. The van der Waals surface area contributed by atoms with Gasteiger partial charge < -0.3 is 14.8 Å². The van der Waals surface area contributed by atoms with Crippen molar-refractivity contribution in [2.75, 3.05) is 13.2 Å². The minimum Gasteiger partial charge on any atom is -0.462 e. The second-order valence-corrected chi connectivity index (χ2v) is 8.54. The van der Waals surface area contributed by atoms with Crippen molar-refractivity contribution in [1.29, 1.82) is 0 Å². The van der Waals surface area contributed by atoms with E-state index in [0.717, 1.165) is 62.8 Å². The lowest BCUT2D eigenvalue weighted by Gasteiger charge is -2.24. The van der Waals surface area contributed by atoms with Crippen LogP contribution in [0, 0.1) is 11.8 Å². The van der Waals surface area contributed by atoms with Gasteiger partial charge in [0.1, 0.15) is 0 Å². The molecule has 5 heteroatoms. The Hall–Kier alpha value is -1.78. The molecule has 0 aromatic heterocycles. The summed E-state index contributed by atoms with van der Waals surface area (Å²) >= 11 is 0. The minimum absolute atomic E-state index is 0.264. The standard InChI is InChI=1S/C25H43NO4/c1-7-11-13-20(9-3)16-29-24(27)22-15-23(19(6)26-18(22)5)25(28)30-17-21(10-4)14-12-8-2/h20-21,26H,7-17H2,1-6H3. The zero-order valence-electron chi connectivity index (χ0n) is 20.1. The van der Waals surface area contributed by atoms with Crippen LogP contribution < -0.4 is 5.32 Å². The molecule has 30 heavy (non-hydrogen) atoms. The normalized spacial score (nSPS) is 16.2. The van der Waals surface area contributed by atoms with Crippen LogP contribution in [0.25, 0.3) is 0 Å². The Morgan fingerprint density at radius 2 is 1.20 bits per heavy atom. The highest BCUT2D eigenvalue weighted by molar-refractivity contribution is 5.96. The second-order valence-electron chi connectivity index (χ2n) is 8.54. The van der Waals surface area contributed by atoms with Crippen LogP contribution in [0.15, 0.2) is 22.5 Å². The van der Waals surface area contributed by atoms with E-state index in [1.165, 1.54) is 0 Å². The molecule has 1 heterocycles. The highest BCUT2D eigenvalue weighted by Crippen LogP contribution is 2.26. The zero-order chi connectivity index (χ0) is 22.5. The molecule has 0 amide bonds. The largest absolute Gasteiger partial charge is 0.462 e. The first-order chi connectivity index (χ1) is 14.4. The number of unbranched alkanes of at least 4 members (excludes halogenated alkanes) is 2. The molecule has 0 aliphatic carbocycles. The van der Waals surface area contributed by atoms with Gasteiger partial charge in [-0.1, -0.05) is 66.2 Å². The molecule has 0 spiro atoms. The van der Waals surface area contributed by atoms with E-state index in [9.17, 15) is 9.59 Å². The highest BCUT2D eigenvalue weighted by atomic mass is 16.5. The first-order valence-corrected chi connectivity index (χ1v) is 11.9. The summed E-state index contributed by atoms with van der Waals surface area (Å²) in [6, 6.07) is 0. The molecule has 1 rings (SSSR count). The molecule has 1 N–H and O–H groups in total. The Bertz CT molecular complexity index is 569. The number of nitrogens with one attached hydrogen (secondary N) is 1. The van der Waals surface area contributed by atoms with Crippen molar-refractivity contribution < 1.29 is 19.1 Å². The molecule has 1 aliphatic heterocycles. The summed E-state index contributed by atoms with van der Waals surface area (Å²) in [4.78, 5) is 25.4. The maximum Gasteiger partial charge on any atom is 0.336 e. The molecule has 1 aliphatic rings. The van der Waals surface area contributed by atoms with Gasteiger partial charge in [0.05, 0.1) is 24.4 Å². The number of carbonyl (C=O) groups excluding carboxylic acids is 2. The molecule has 0 radical (unpaired) electrons. The summed E-state index contributed by atoms with van der Waals surface area (Å²) < 4.78 is 11.2. The molecule has 0 aromatic carbocycles. The van der Waals surface area contributed by atoms with Crippen LogP contribution in [0.3, 0.4) is 0 Å². The Balaban J connectivity index is 2.67. The maximum atomic E-state index is 12.7. The summed E-state index contributed by atoms with van der Waals surface area (Å²) in [5, 5.41) is 3.17. The molecular weight excluding hydrogens is 378 g/mol. The minimum atomic E-state index is -0.331. The fraction of sp³-hybridized carbons (Fsp3) is 0.760. The van der Waals surface area contributed by atoms with E-state index in [2.05, 4.69) is 33.0 Å². The van der Waals surface area contributed by atoms with Crippen LogP contribution in [0.1, 0.15) is 99.3 Å². The Morgan fingerprint density at radius 1 is 0.800 bits per heavy atom. The van der Waals surface area contributed by atoms with Crippen molar-refractivity contribution in [3.63, 3.8) is 0 Å². The number of ether oxygens (including phenoxy) is 2. The first-order valence-electron chi connectivity index (χ1n) is 11.9. The van der Waals surface area contributed by atoms with Crippen molar-refractivity contribution in [3.05, 3.63) is 22.5 Å². The summed E-state index contributed by atoms with van der Waals surface area (Å²) in [5.74, 6) is 0.119. The van der Waals surface area contributed by atoms with Crippen molar-refractivity contribution >= 4 is 11.9 Å². The Morgan fingerprint density at radius 3 is 1.53 bits per heavy atom. The topological polar surface area (TPSA) is 64.6 Å². The molecule has 2 unspecified atom stereocenters. The molecule has 0 fully saturated rings. The Labute approximate surface area is 183 Å². The fourth-order valence-electron chi connectivity index (χ4n) is 3.68. The Kier molecular flexibility index (Phi) is 12.5. The third kappa shape index (κ3) is 8.53. The molecule has 0 saturated heterocycles. The molecular formula is C25H43NO4. The number of allylic oxidation sites excluding steroid dienone is 2. The van der Waals surface area contributed by atoms with E-state index in [-0.39, 0.29) is 18.4 Å². The van der Waals surface area contributed by atoms with Crippen LogP contribution in [-0.2, 0) is 19.1 Å². The zero-order valence-corrected chi connectivity index (χ0v) is 20.1. The number of carbonyl (C=O) groups is 2. The third-order valence-electron chi connectivity index (χ3n) is 6.11. The van der Waals surface area contributed by atoms with E-state index < -0.39 is 0 Å². The summed E-state index contributed by atoms with van der Waals surface area (Å²) in [6.07, 6.45) is 8.99. The number of dihydropyridines is 1. The number of esters is 2. The van der Waals surface area contributed by atoms with E-state index in [4.69, 9.17) is 9.47 Å². The smallest absolute Gasteiger partial charge is 0.336 e. The van der Waals surface area contributed by atoms with Gasteiger partial charge >= 0.3 is 11.9 Å². The van der Waals surface area contributed by atoms with Crippen LogP contribution in [-0.4, -0.2) is 25.2 Å². The van der Waals surface area contributed by atoms with Crippen LogP contribution >= 0.6 is 0 Å². The SMILES string of the molecule is CCCCC(CC)COC(=O)C1=C(C)NC(C)=C(C(=O)OCC(CC)CCCC)C1. The summed E-state index contributed by atoms with van der Waals surface area (Å²) in [7, 11) is 0. The average molecular weight is 422 g/mol. The van der Waals surface area contributed by atoms with Gasteiger partial charge in [0.25, 0.3) is 0 Å². The van der Waals surface area contributed by atoms with Gasteiger partial charge in [0.2, 0.25) is 0 Å². The molecule has 2 atom stereocenters. The predicted molar refractivity (Wildman–Crippen MR) is 122 cm³/mol. The molecule has 172 valence electrons. The first kappa shape index (κ1) is 26.3. The molecule has 0 bridgehead atoms. The third-order valence-corrected chi connectivity index (χ3v) is 6.11. The van der Waals surface area contributed by atoms with Gasteiger partial charge in [-0.15, -0.1) is 0 Å². The van der Waals surface area contributed by atoms with Crippen molar-refractivity contribution in [2.45, 2.75) is 99.3 Å². The van der Waals surface area contributed by atoms with Gasteiger partial charge in [-0.2, -0.15) is 0 Å². The quantitative estimate of drug-likeness (QED) is 0.346. The van der Waals surface area contributed by atoms with Gasteiger partial charge in [0.15, 0.2) is 0 Å². The fourth-order valence-corrected chi connectivity index (χ4v) is 3.68. The molecule has 5 nitrogen and oxygen atoms in total. The van der Waals surface area contributed by atoms with Crippen molar-refractivity contribution in [3.8, 4) is 0 Å². The van der Waals surface area contributed by atoms with E-state index >= 15 is 0 Å². The van der Waals surface area contributed by atoms with E-state index in [1.54, 1.807) is 0 Å². The van der Waals surface area contributed by atoms with Crippen LogP contribution in [0.5, 0.6) is 0 Å².